The van der Waals surface area contributed by atoms with Gasteiger partial charge in [-0.3, -0.25) is 14.5 Å². The average molecular weight is 473 g/mol. The summed E-state index contributed by atoms with van der Waals surface area (Å²) in [5, 5.41) is 3.58. The smallest absolute Gasteiger partial charge is 0.242 e. The van der Waals surface area contributed by atoms with Gasteiger partial charge in [-0.1, -0.05) is 56.3 Å². The van der Waals surface area contributed by atoms with Crippen LogP contribution < -0.4 is 10.2 Å². The number of allylic oxidation sites excluding steroid dienone is 1. The number of hydrogen-bond donors (Lipinski definition) is 1. The van der Waals surface area contributed by atoms with E-state index in [-0.39, 0.29) is 29.7 Å². The standard InChI is InChI=1S/C29H36N4O2/c1-21-28-24(17-29(2,3)18-26(28)34)30-23-11-7-8-12-25(23)33(21)20-27(35)32-15-13-31(14-16-32)19-22-9-5-4-6-10-22/h4-12,21,30H,13-20H2,1-3H3/t21-/m1/s1. The van der Waals surface area contributed by atoms with E-state index in [2.05, 4.69) is 66.2 Å². The largest absolute Gasteiger partial charge is 0.357 e. The number of hydrogen-bond acceptors (Lipinski definition) is 5. The summed E-state index contributed by atoms with van der Waals surface area (Å²) >= 11 is 0. The number of anilines is 2. The molecular formula is C29H36N4O2. The van der Waals surface area contributed by atoms with Crippen LogP contribution in [-0.4, -0.2) is 60.3 Å². The van der Waals surface area contributed by atoms with Gasteiger partial charge in [-0.2, -0.15) is 0 Å². The third-order valence-electron chi connectivity index (χ3n) is 7.58. The van der Waals surface area contributed by atoms with Crippen molar-refractivity contribution in [3.63, 3.8) is 0 Å². The van der Waals surface area contributed by atoms with Gasteiger partial charge in [0.25, 0.3) is 0 Å². The van der Waals surface area contributed by atoms with Crippen molar-refractivity contribution in [2.45, 2.75) is 46.2 Å². The average Bonchev–Trinajstić information content (AvgIpc) is 2.93. The van der Waals surface area contributed by atoms with Gasteiger partial charge >= 0.3 is 0 Å². The Morgan fingerprint density at radius 1 is 0.971 bits per heavy atom. The minimum Gasteiger partial charge on any atom is -0.357 e. The van der Waals surface area contributed by atoms with Gasteiger partial charge in [0.05, 0.1) is 24.0 Å². The van der Waals surface area contributed by atoms with Crippen LogP contribution in [-0.2, 0) is 16.1 Å². The molecule has 2 heterocycles. The van der Waals surface area contributed by atoms with Gasteiger partial charge in [0.2, 0.25) is 5.91 Å². The first-order chi connectivity index (χ1) is 16.8. The van der Waals surface area contributed by atoms with Crippen LogP contribution in [0.2, 0.25) is 0 Å². The predicted molar refractivity (Wildman–Crippen MR) is 140 cm³/mol. The number of nitrogens with zero attached hydrogens (tertiary/aromatic N) is 3. The molecule has 0 radical (unpaired) electrons. The van der Waals surface area contributed by atoms with E-state index in [1.165, 1.54) is 5.56 Å². The highest BCUT2D eigenvalue weighted by Crippen LogP contribution is 2.43. The molecule has 2 aliphatic heterocycles. The molecule has 0 saturated carbocycles. The molecule has 0 spiro atoms. The first kappa shape index (κ1) is 23.6. The molecule has 1 saturated heterocycles. The maximum absolute atomic E-state index is 13.5. The summed E-state index contributed by atoms with van der Waals surface area (Å²) in [6, 6.07) is 18.4. The van der Waals surface area contributed by atoms with Gasteiger partial charge in [0.15, 0.2) is 5.78 Å². The molecule has 1 aliphatic carbocycles. The van der Waals surface area contributed by atoms with E-state index in [1.807, 2.05) is 29.2 Å². The van der Waals surface area contributed by atoms with Crippen LogP contribution >= 0.6 is 0 Å². The number of carbonyl (C=O) groups excluding carboxylic acids is 2. The van der Waals surface area contributed by atoms with E-state index in [4.69, 9.17) is 0 Å². The van der Waals surface area contributed by atoms with Gasteiger partial charge < -0.3 is 15.1 Å². The number of rotatable bonds is 4. The molecule has 1 amide bonds. The molecule has 2 aromatic carbocycles. The fourth-order valence-corrected chi connectivity index (χ4v) is 5.75. The zero-order valence-corrected chi connectivity index (χ0v) is 21.1. The quantitative estimate of drug-likeness (QED) is 0.719. The van der Waals surface area contributed by atoms with Crippen LogP contribution in [0.5, 0.6) is 0 Å². The van der Waals surface area contributed by atoms with E-state index in [0.717, 1.165) is 61.8 Å². The van der Waals surface area contributed by atoms with Crippen molar-refractivity contribution < 1.29 is 9.59 Å². The molecule has 3 aliphatic rings. The number of fused-ring (bicyclic) bond motifs is 1. The molecule has 0 bridgehead atoms. The normalized spacial score (nSPS) is 22.3. The monoisotopic (exact) mass is 472 g/mol. The van der Waals surface area contributed by atoms with Gasteiger partial charge in [-0.25, -0.2) is 0 Å². The molecule has 1 fully saturated rings. The van der Waals surface area contributed by atoms with Crippen LogP contribution in [0.15, 0.2) is 65.9 Å². The zero-order chi connectivity index (χ0) is 24.6. The molecule has 35 heavy (non-hydrogen) atoms. The predicted octanol–water partition coefficient (Wildman–Crippen LogP) is 4.29. The lowest BCUT2D eigenvalue weighted by Gasteiger charge is -2.38. The number of amides is 1. The Hall–Kier alpha value is -3.12. The fraction of sp³-hybridized carbons (Fsp3) is 0.448. The molecule has 0 aromatic heterocycles. The second kappa shape index (κ2) is 9.50. The number of carbonyl (C=O) groups is 2. The molecular weight excluding hydrogens is 436 g/mol. The number of Topliss-reactive ketones (excluding diaryl/α,β-unsaturated/α-hetero) is 1. The minimum atomic E-state index is -0.159. The van der Waals surface area contributed by atoms with Crippen molar-refractivity contribution in [1.29, 1.82) is 0 Å². The fourth-order valence-electron chi connectivity index (χ4n) is 5.75. The number of benzene rings is 2. The highest BCUT2D eigenvalue weighted by atomic mass is 16.2. The SMILES string of the molecule is C[C@@H]1C2=C(CC(C)(C)CC2=O)Nc2ccccc2N1CC(=O)N1CCN(Cc2ccccc2)CC1. The lowest BCUT2D eigenvalue weighted by Crippen LogP contribution is -2.52. The maximum atomic E-state index is 13.5. The highest BCUT2D eigenvalue weighted by Gasteiger charge is 2.39. The first-order valence-electron chi connectivity index (χ1n) is 12.7. The third-order valence-corrected chi connectivity index (χ3v) is 7.58. The van der Waals surface area contributed by atoms with E-state index in [0.29, 0.717) is 6.42 Å². The van der Waals surface area contributed by atoms with Gasteiger partial charge in [-0.15, -0.1) is 0 Å². The number of piperazine rings is 1. The Balaban J connectivity index is 1.31. The van der Waals surface area contributed by atoms with Gasteiger partial charge in [-0.05, 0) is 36.5 Å². The molecule has 1 atom stereocenters. The topological polar surface area (TPSA) is 55.9 Å². The first-order valence-corrected chi connectivity index (χ1v) is 12.7. The Kier molecular flexibility index (Phi) is 6.41. The number of para-hydroxylation sites is 2. The number of ketones is 1. The van der Waals surface area contributed by atoms with Crippen LogP contribution in [0.25, 0.3) is 0 Å². The van der Waals surface area contributed by atoms with E-state index in [1.54, 1.807) is 0 Å². The van der Waals surface area contributed by atoms with Gasteiger partial charge in [0.1, 0.15) is 0 Å². The second-order valence-corrected chi connectivity index (χ2v) is 10.9. The van der Waals surface area contributed by atoms with Crippen molar-refractivity contribution in [1.82, 2.24) is 9.80 Å². The zero-order valence-electron chi connectivity index (χ0n) is 21.1. The third kappa shape index (κ3) is 4.98. The summed E-state index contributed by atoms with van der Waals surface area (Å²) in [4.78, 5) is 33.3. The Labute approximate surface area is 208 Å². The van der Waals surface area contributed by atoms with Crippen molar-refractivity contribution in [3.05, 3.63) is 71.4 Å². The van der Waals surface area contributed by atoms with Crippen molar-refractivity contribution in [2.75, 3.05) is 42.9 Å². The maximum Gasteiger partial charge on any atom is 0.242 e. The van der Waals surface area contributed by atoms with Crippen molar-refractivity contribution >= 4 is 23.1 Å². The van der Waals surface area contributed by atoms with E-state index >= 15 is 0 Å². The highest BCUT2D eigenvalue weighted by molar-refractivity contribution is 6.01. The molecule has 184 valence electrons. The van der Waals surface area contributed by atoms with E-state index < -0.39 is 0 Å². The lowest BCUT2D eigenvalue weighted by molar-refractivity contribution is -0.131. The molecule has 6 nitrogen and oxygen atoms in total. The Bertz CT molecular complexity index is 1130. The molecule has 6 heteroatoms. The Morgan fingerprint density at radius 3 is 2.40 bits per heavy atom. The molecule has 0 unspecified atom stereocenters. The summed E-state index contributed by atoms with van der Waals surface area (Å²) < 4.78 is 0. The molecule has 1 N–H and O–H groups in total. The van der Waals surface area contributed by atoms with Crippen molar-refractivity contribution in [3.8, 4) is 0 Å². The summed E-state index contributed by atoms with van der Waals surface area (Å²) in [5.74, 6) is 0.315. The minimum absolute atomic E-state index is 0.0675. The second-order valence-electron chi connectivity index (χ2n) is 10.9. The van der Waals surface area contributed by atoms with Crippen LogP contribution in [0, 0.1) is 5.41 Å². The Morgan fingerprint density at radius 2 is 1.66 bits per heavy atom. The van der Waals surface area contributed by atoms with Crippen molar-refractivity contribution in [2.24, 2.45) is 5.41 Å². The molecule has 5 rings (SSSR count). The summed E-state index contributed by atoms with van der Waals surface area (Å²) in [6.45, 7) is 10.8. The summed E-state index contributed by atoms with van der Waals surface area (Å²) in [7, 11) is 0. The van der Waals surface area contributed by atoms with E-state index in [9.17, 15) is 9.59 Å². The molecule has 2 aromatic rings. The van der Waals surface area contributed by atoms with Crippen LogP contribution in [0.1, 0.15) is 39.2 Å². The van der Waals surface area contributed by atoms with Gasteiger partial charge in [0, 0.05) is 50.4 Å². The van der Waals surface area contributed by atoms with Crippen LogP contribution in [0.4, 0.5) is 11.4 Å². The lowest BCUT2D eigenvalue weighted by atomic mass is 9.74. The number of nitrogens with one attached hydrogen (secondary N) is 1. The summed E-state index contributed by atoms with van der Waals surface area (Å²) in [6.07, 6.45) is 1.37. The summed E-state index contributed by atoms with van der Waals surface area (Å²) in [5.41, 5.74) is 5.03. The van der Waals surface area contributed by atoms with Crippen LogP contribution in [0.3, 0.4) is 0 Å².